The molecule has 1 heterocycles. The van der Waals surface area contributed by atoms with Crippen molar-refractivity contribution in [1.29, 1.82) is 0 Å². The molecule has 1 aromatic carbocycles. The van der Waals surface area contributed by atoms with Crippen LogP contribution >= 0.6 is 11.8 Å². The van der Waals surface area contributed by atoms with Crippen molar-refractivity contribution >= 4 is 17.7 Å². The standard InChI is InChI=1S/C20H33N3O4S/c24-20(25)19(5-3-1-2-4-10-22-26)28-18-8-6-17(7-9-18)27-16-15-23-13-11-21-12-14-23/h6-9,19,21-22,26H,1-5,10-16H2,(H,24,25). The van der Waals surface area contributed by atoms with Gasteiger partial charge < -0.3 is 20.4 Å². The molecule has 0 saturated carbocycles. The number of carboxylic acids is 1. The Morgan fingerprint density at radius 3 is 2.57 bits per heavy atom. The number of thioether (sulfide) groups is 1. The Bertz CT molecular complexity index is 553. The van der Waals surface area contributed by atoms with E-state index in [9.17, 15) is 9.90 Å². The van der Waals surface area contributed by atoms with Gasteiger partial charge >= 0.3 is 5.97 Å². The molecule has 8 heteroatoms. The van der Waals surface area contributed by atoms with Gasteiger partial charge in [-0.05, 0) is 37.1 Å². The van der Waals surface area contributed by atoms with Crippen LogP contribution in [0.25, 0.3) is 0 Å². The Hall–Kier alpha value is -1.32. The summed E-state index contributed by atoms with van der Waals surface area (Å²) in [6.45, 7) is 6.37. The summed E-state index contributed by atoms with van der Waals surface area (Å²) >= 11 is 1.40. The lowest BCUT2D eigenvalue weighted by Crippen LogP contribution is -2.44. The molecule has 0 bridgehead atoms. The van der Waals surface area contributed by atoms with E-state index in [-0.39, 0.29) is 0 Å². The molecule has 28 heavy (non-hydrogen) atoms. The first-order valence-corrected chi connectivity index (χ1v) is 11.0. The molecule has 0 aromatic heterocycles. The summed E-state index contributed by atoms with van der Waals surface area (Å²) < 4.78 is 5.82. The van der Waals surface area contributed by atoms with Gasteiger partial charge in [-0.15, -0.1) is 11.8 Å². The minimum atomic E-state index is -0.765. The summed E-state index contributed by atoms with van der Waals surface area (Å²) in [5.41, 5.74) is 2.14. The third kappa shape index (κ3) is 9.25. The second-order valence-electron chi connectivity index (χ2n) is 6.97. The van der Waals surface area contributed by atoms with Crippen molar-refractivity contribution < 1.29 is 19.8 Å². The molecule has 2 rings (SSSR count). The maximum absolute atomic E-state index is 11.5. The van der Waals surface area contributed by atoms with Gasteiger partial charge in [-0.25, -0.2) is 5.48 Å². The first-order valence-electron chi connectivity index (χ1n) is 10.1. The van der Waals surface area contributed by atoms with Crippen LogP contribution in [0.3, 0.4) is 0 Å². The zero-order valence-corrected chi connectivity index (χ0v) is 17.3. The molecule has 0 spiro atoms. The lowest BCUT2D eigenvalue weighted by atomic mass is 10.1. The molecular formula is C20H33N3O4S. The van der Waals surface area contributed by atoms with E-state index in [1.807, 2.05) is 24.3 Å². The number of hydrogen-bond acceptors (Lipinski definition) is 7. The molecule has 1 saturated heterocycles. The van der Waals surface area contributed by atoms with E-state index in [1.165, 1.54) is 11.8 Å². The molecule has 0 aliphatic carbocycles. The number of hydroxylamine groups is 1. The predicted octanol–water partition coefficient (Wildman–Crippen LogP) is 2.45. The van der Waals surface area contributed by atoms with Crippen LogP contribution in [0, 0.1) is 0 Å². The highest BCUT2D eigenvalue weighted by Gasteiger charge is 2.18. The summed E-state index contributed by atoms with van der Waals surface area (Å²) in [6.07, 6.45) is 4.39. The fourth-order valence-corrected chi connectivity index (χ4v) is 4.13. The fraction of sp³-hybridized carbons (Fsp3) is 0.650. The van der Waals surface area contributed by atoms with Crippen LogP contribution in [0.4, 0.5) is 0 Å². The summed E-state index contributed by atoms with van der Waals surface area (Å²) in [4.78, 5) is 14.9. The van der Waals surface area contributed by atoms with Crippen molar-refractivity contribution in [3.05, 3.63) is 24.3 Å². The number of hydrogen-bond donors (Lipinski definition) is 4. The third-order valence-corrected chi connectivity index (χ3v) is 6.03. The van der Waals surface area contributed by atoms with Crippen molar-refractivity contribution in [2.75, 3.05) is 45.9 Å². The Morgan fingerprint density at radius 1 is 1.18 bits per heavy atom. The average molecular weight is 412 g/mol. The second kappa shape index (κ2) is 13.8. The zero-order chi connectivity index (χ0) is 20.0. The summed E-state index contributed by atoms with van der Waals surface area (Å²) in [7, 11) is 0. The van der Waals surface area contributed by atoms with Crippen molar-refractivity contribution in [2.45, 2.75) is 42.2 Å². The van der Waals surface area contributed by atoms with Crippen LogP contribution in [0.1, 0.15) is 32.1 Å². The van der Waals surface area contributed by atoms with E-state index in [0.717, 1.165) is 69.1 Å². The van der Waals surface area contributed by atoms with E-state index in [4.69, 9.17) is 9.94 Å². The number of piperazine rings is 1. The minimum absolute atomic E-state index is 0.435. The molecule has 1 atom stereocenters. The highest BCUT2D eigenvalue weighted by molar-refractivity contribution is 8.00. The Morgan fingerprint density at radius 2 is 1.89 bits per heavy atom. The summed E-state index contributed by atoms with van der Waals surface area (Å²) in [5.74, 6) is 0.0576. The molecule has 7 nitrogen and oxygen atoms in total. The number of aliphatic carboxylic acids is 1. The van der Waals surface area contributed by atoms with Crippen LogP contribution < -0.4 is 15.5 Å². The zero-order valence-electron chi connectivity index (χ0n) is 16.4. The highest BCUT2D eigenvalue weighted by atomic mass is 32.2. The van der Waals surface area contributed by atoms with Gasteiger partial charge in [-0.3, -0.25) is 9.69 Å². The van der Waals surface area contributed by atoms with Crippen LogP contribution in [0.2, 0.25) is 0 Å². The molecule has 4 N–H and O–H groups in total. The molecular weight excluding hydrogens is 378 g/mol. The number of carbonyl (C=O) groups is 1. The van der Waals surface area contributed by atoms with Gasteiger partial charge in [0, 0.05) is 44.2 Å². The normalized spacial score (nSPS) is 16.0. The molecule has 1 unspecified atom stereocenters. The van der Waals surface area contributed by atoms with E-state index >= 15 is 0 Å². The van der Waals surface area contributed by atoms with Gasteiger partial charge in [-0.2, -0.15) is 0 Å². The number of ether oxygens (including phenoxy) is 1. The van der Waals surface area contributed by atoms with Crippen LogP contribution in [0.5, 0.6) is 5.75 Å². The summed E-state index contributed by atoms with van der Waals surface area (Å²) in [5, 5.41) is 20.9. The number of benzene rings is 1. The summed E-state index contributed by atoms with van der Waals surface area (Å²) in [6, 6.07) is 7.71. The maximum Gasteiger partial charge on any atom is 0.316 e. The monoisotopic (exact) mass is 411 g/mol. The molecule has 1 fully saturated rings. The number of carboxylic acid groups (broad SMARTS) is 1. The number of unbranched alkanes of at least 4 members (excludes halogenated alkanes) is 3. The number of nitrogens with zero attached hydrogens (tertiary/aromatic N) is 1. The Balaban J connectivity index is 1.68. The van der Waals surface area contributed by atoms with Gasteiger partial charge in [0.25, 0.3) is 0 Å². The van der Waals surface area contributed by atoms with Crippen molar-refractivity contribution in [1.82, 2.24) is 15.7 Å². The quantitative estimate of drug-likeness (QED) is 0.211. The number of rotatable bonds is 14. The molecule has 158 valence electrons. The average Bonchev–Trinajstić information content (AvgIpc) is 2.71. The lowest BCUT2D eigenvalue weighted by Gasteiger charge is -2.26. The van der Waals surface area contributed by atoms with E-state index < -0.39 is 11.2 Å². The molecule has 0 radical (unpaired) electrons. The van der Waals surface area contributed by atoms with E-state index in [1.54, 1.807) is 0 Å². The van der Waals surface area contributed by atoms with Gasteiger partial charge in [0.15, 0.2) is 0 Å². The topological polar surface area (TPSA) is 94.1 Å². The van der Waals surface area contributed by atoms with Crippen LogP contribution in [-0.4, -0.2) is 72.3 Å². The van der Waals surface area contributed by atoms with E-state index in [0.29, 0.717) is 19.6 Å². The van der Waals surface area contributed by atoms with Crippen molar-refractivity contribution in [3.63, 3.8) is 0 Å². The first-order chi connectivity index (χ1) is 13.7. The van der Waals surface area contributed by atoms with Crippen LogP contribution in [-0.2, 0) is 4.79 Å². The molecule has 1 aliphatic rings. The van der Waals surface area contributed by atoms with Crippen molar-refractivity contribution in [3.8, 4) is 5.75 Å². The SMILES string of the molecule is O=C(O)C(CCCCCCNO)Sc1ccc(OCCN2CCNCC2)cc1. The fourth-order valence-electron chi connectivity index (χ4n) is 3.13. The Kier molecular flexibility index (Phi) is 11.3. The number of nitrogens with one attached hydrogen (secondary N) is 2. The molecule has 0 amide bonds. The highest BCUT2D eigenvalue weighted by Crippen LogP contribution is 2.28. The minimum Gasteiger partial charge on any atom is -0.492 e. The largest absolute Gasteiger partial charge is 0.492 e. The second-order valence-corrected chi connectivity index (χ2v) is 8.24. The van der Waals surface area contributed by atoms with Gasteiger partial charge in [0.1, 0.15) is 17.6 Å². The first kappa shape index (κ1) is 23.0. The van der Waals surface area contributed by atoms with Crippen LogP contribution in [0.15, 0.2) is 29.2 Å². The van der Waals surface area contributed by atoms with Gasteiger partial charge in [-0.1, -0.05) is 19.3 Å². The molecule has 1 aliphatic heterocycles. The van der Waals surface area contributed by atoms with Crippen molar-refractivity contribution in [2.24, 2.45) is 0 Å². The maximum atomic E-state index is 11.5. The van der Waals surface area contributed by atoms with Gasteiger partial charge in [0.2, 0.25) is 0 Å². The molecule has 1 aromatic rings. The Labute approximate surface area is 171 Å². The predicted molar refractivity (Wildman–Crippen MR) is 111 cm³/mol. The van der Waals surface area contributed by atoms with E-state index in [2.05, 4.69) is 15.7 Å². The smallest absolute Gasteiger partial charge is 0.316 e. The lowest BCUT2D eigenvalue weighted by molar-refractivity contribution is -0.136. The third-order valence-electron chi connectivity index (χ3n) is 4.77. The van der Waals surface area contributed by atoms with Gasteiger partial charge in [0.05, 0.1) is 0 Å².